The molecule has 13 heteroatoms. The van der Waals surface area contributed by atoms with Crippen molar-refractivity contribution in [1.82, 2.24) is 14.9 Å². The van der Waals surface area contributed by atoms with Crippen molar-refractivity contribution < 1.29 is 27.9 Å². The molecule has 1 amide bonds. The van der Waals surface area contributed by atoms with Gasteiger partial charge in [-0.15, -0.1) is 0 Å². The number of anilines is 5. The first-order valence-corrected chi connectivity index (χ1v) is 15.1. The molecule has 0 bridgehead atoms. The van der Waals surface area contributed by atoms with Gasteiger partial charge in [0.25, 0.3) is 0 Å². The number of halogens is 2. The summed E-state index contributed by atoms with van der Waals surface area (Å²) in [5.41, 5.74) is 2.61. The summed E-state index contributed by atoms with van der Waals surface area (Å²) in [6.07, 6.45) is 3.18. The topological polar surface area (TPSA) is 104 Å². The van der Waals surface area contributed by atoms with Crippen LogP contribution < -0.4 is 30.1 Å². The molecule has 2 saturated heterocycles. The van der Waals surface area contributed by atoms with Crippen molar-refractivity contribution >= 4 is 34.6 Å². The van der Waals surface area contributed by atoms with Crippen LogP contribution in [0.1, 0.15) is 18.0 Å². The summed E-state index contributed by atoms with van der Waals surface area (Å²) in [6, 6.07) is 15.0. The van der Waals surface area contributed by atoms with E-state index in [2.05, 4.69) is 44.0 Å². The first-order valence-electron chi connectivity index (χ1n) is 15.1. The zero-order chi connectivity index (χ0) is 32.9. The number of ether oxygens (including phenoxy) is 2. The normalized spacial score (nSPS) is 16.6. The van der Waals surface area contributed by atoms with Crippen LogP contribution >= 0.6 is 0 Å². The van der Waals surface area contributed by atoms with Crippen LogP contribution in [0.3, 0.4) is 0 Å². The molecule has 2 fully saturated rings. The average molecular weight is 644 g/mol. The number of rotatable bonds is 10. The fraction of sp³-hybridized carbons (Fsp3) is 0.265. The van der Waals surface area contributed by atoms with Gasteiger partial charge in [0.05, 0.1) is 36.8 Å². The van der Waals surface area contributed by atoms with Gasteiger partial charge in [-0.25, -0.2) is 23.8 Å². The number of nitrogens with one attached hydrogen (secondary N) is 2. The molecule has 3 aromatic carbocycles. The lowest BCUT2D eigenvalue weighted by molar-refractivity contribution is -0.111. The molecule has 2 aliphatic rings. The minimum absolute atomic E-state index is 0.231. The number of hydroxylamine groups is 1. The van der Waals surface area contributed by atoms with E-state index in [0.717, 1.165) is 31.9 Å². The Kier molecular flexibility index (Phi) is 9.45. The number of aromatic nitrogens is 2. The highest BCUT2D eigenvalue weighted by atomic mass is 19.1. The van der Waals surface area contributed by atoms with Gasteiger partial charge in [-0.1, -0.05) is 12.6 Å². The molecule has 0 radical (unpaired) electrons. The standard InChI is InChI=1S/C34H35F2N7O4/c1-4-34(44)40-27-18-28(31(45-3)19-30(27)42-11-9-41(2)10-12-42)39-32-20-33(38-21-37-32)43-29(8-13-46-43)22-14-24(36)17-26(15-22)47-25-7-5-6-23(35)16-25/h4-7,14-21,29H,1,8-13H2,2-3H3,(H,40,44)(H,37,38,39)/t29-/m1/s1. The van der Waals surface area contributed by atoms with Gasteiger partial charge in [-0.2, -0.15) is 0 Å². The van der Waals surface area contributed by atoms with Gasteiger partial charge in [0.2, 0.25) is 5.91 Å². The van der Waals surface area contributed by atoms with Crippen LogP contribution in [0.15, 0.2) is 79.6 Å². The maximum atomic E-state index is 14.8. The first-order chi connectivity index (χ1) is 22.8. The van der Waals surface area contributed by atoms with E-state index in [0.29, 0.717) is 47.4 Å². The maximum Gasteiger partial charge on any atom is 0.247 e. The molecule has 0 spiro atoms. The largest absolute Gasteiger partial charge is 0.494 e. The zero-order valence-electron chi connectivity index (χ0n) is 26.1. The Labute approximate surface area is 271 Å². The van der Waals surface area contributed by atoms with Crippen molar-refractivity contribution in [2.75, 3.05) is 67.5 Å². The Morgan fingerprint density at radius 1 is 1.00 bits per heavy atom. The molecule has 47 heavy (non-hydrogen) atoms. The highest BCUT2D eigenvalue weighted by molar-refractivity contribution is 6.02. The van der Waals surface area contributed by atoms with Crippen LogP contribution in [0, 0.1) is 11.6 Å². The second-order valence-corrected chi connectivity index (χ2v) is 11.2. The number of benzene rings is 3. The van der Waals surface area contributed by atoms with Crippen molar-refractivity contribution in [3.8, 4) is 17.2 Å². The number of methoxy groups -OCH3 is 1. The molecule has 0 unspecified atom stereocenters. The molecule has 1 aromatic heterocycles. The molecule has 11 nitrogen and oxygen atoms in total. The smallest absolute Gasteiger partial charge is 0.247 e. The molecular formula is C34H35F2N7O4. The van der Waals surface area contributed by atoms with E-state index >= 15 is 0 Å². The number of nitrogens with zero attached hydrogens (tertiary/aromatic N) is 5. The summed E-state index contributed by atoms with van der Waals surface area (Å²) in [7, 11) is 3.66. The Hall–Kier alpha value is -5.27. The number of hydrogen-bond acceptors (Lipinski definition) is 10. The quantitative estimate of drug-likeness (QED) is 0.198. The lowest BCUT2D eigenvalue weighted by Gasteiger charge is -2.35. The third-order valence-corrected chi connectivity index (χ3v) is 7.96. The first kappa shape index (κ1) is 31.7. The molecule has 4 aromatic rings. The van der Waals surface area contributed by atoms with Crippen molar-refractivity contribution in [1.29, 1.82) is 0 Å². The third kappa shape index (κ3) is 7.42. The second-order valence-electron chi connectivity index (χ2n) is 11.2. The highest BCUT2D eigenvalue weighted by Crippen LogP contribution is 2.40. The van der Waals surface area contributed by atoms with Crippen LogP contribution in [0.25, 0.3) is 0 Å². The summed E-state index contributed by atoms with van der Waals surface area (Å²) in [6.45, 7) is 7.32. The number of likely N-dealkylation sites (N-methyl/N-ethyl adjacent to an activating group) is 1. The molecule has 0 saturated carbocycles. The summed E-state index contributed by atoms with van der Waals surface area (Å²) in [5, 5.41) is 7.82. The van der Waals surface area contributed by atoms with E-state index in [9.17, 15) is 13.6 Å². The fourth-order valence-corrected chi connectivity index (χ4v) is 5.60. The minimum Gasteiger partial charge on any atom is -0.494 e. The van der Waals surface area contributed by atoms with Crippen LogP contribution in [-0.2, 0) is 9.63 Å². The van der Waals surface area contributed by atoms with E-state index < -0.39 is 11.6 Å². The zero-order valence-corrected chi connectivity index (χ0v) is 26.1. The van der Waals surface area contributed by atoms with E-state index in [4.69, 9.17) is 14.3 Å². The van der Waals surface area contributed by atoms with Gasteiger partial charge < -0.3 is 29.9 Å². The minimum atomic E-state index is -0.503. The van der Waals surface area contributed by atoms with Gasteiger partial charge in [0.1, 0.15) is 41.0 Å². The van der Waals surface area contributed by atoms with Gasteiger partial charge in [0.15, 0.2) is 5.82 Å². The number of hydrogen-bond donors (Lipinski definition) is 2. The summed E-state index contributed by atoms with van der Waals surface area (Å²) >= 11 is 0. The van der Waals surface area contributed by atoms with Gasteiger partial charge in [-0.3, -0.25) is 9.63 Å². The van der Waals surface area contributed by atoms with E-state index in [1.807, 2.05) is 6.07 Å². The summed E-state index contributed by atoms with van der Waals surface area (Å²) in [4.78, 5) is 31.6. The predicted octanol–water partition coefficient (Wildman–Crippen LogP) is 6.06. The monoisotopic (exact) mass is 643 g/mol. The number of piperazine rings is 1. The van der Waals surface area contributed by atoms with Crippen LogP contribution in [0.2, 0.25) is 0 Å². The lowest BCUT2D eigenvalue weighted by atomic mass is 10.0. The van der Waals surface area contributed by atoms with Crippen molar-refractivity contribution in [3.05, 3.63) is 96.8 Å². The van der Waals surface area contributed by atoms with Gasteiger partial charge in [0, 0.05) is 56.9 Å². The Morgan fingerprint density at radius 3 is 2.57 bits per heavy atom. The number of amides is 1. The number of carbonyl (C=O) groups excluding carboxylic acids is 1. The summed E-state index contributed by atoms with van der Waals surface area (Å²) in [5.74, 6) is 0.624. The van der Waals surface area contributed by atoms with Crippen molar-refractivity contribution in [2.24, 2.45) is 0 Å². The van der Waals surface area contributed by atoms with Gasteiger partial charge in [-0.05, 0) is 49.0 Å². The Bertz CT molecular complexity index is 1770. The molecular weight excluding hydrogens is 608 g/mol. The highest BCUT2D eigenvalue weighted by Gasteiger charge is 2.30. The third-order valence-electron chi connectivity index (χ3n) is 7.96. The van der Waals surface area contributed by atoms with Crippen molar-refractivity contribution in [2.45, 2.75) is 12.5 Å². The Morgan fingerprint density at radius 2 is 1.81 bits per heavy atom. The molecule has 6 rings (SSSR count). The average Bonchev–Trinajstić information content (AvgIpc) is 3.56. The van der Waals surface area contributed by atoms with Crippen molar-refractivity contribution in [3.63, 3.8) is 0 Å². The fourth-order valence-electron chi connectivity index (χ4n) is 5.60. The molecule has 3 heterocycles. The summed E-state index contributed by atoms with van der Waals surface area (Å²) < 4.78 is 40.0. The molecule has 0 aliphatic carbocycles. The van der Waals surface area contributed by atoms with Crippen LogP contribution in [0.4, 0.5) is 37.5 Å². The van der Waals surface area contributed by atoms with Crippen LogP contribution in [-0.4, -0.2) is 67.7 Å². The maximum absolute atomic E-state index is 14.8. The van der Waals surface area contributed by atoms with Gasteiger partial charge >= 0.3 is 0 Å². The van der Waals surface area contributed by atoms with E-state index in [1.165, 1.54) is 42.7 Å². The van der Waals surface area contributed by atoms with Crippen LogP contribution in [0.5, 0.6) is 17.2 Å². The second kappa shape index (κ2) is 14.0. The van der Waals surface area contributed by atoms with E-state index in [-0.39, 0.29) is 23.4 Å². The molecule has 2 N–H and O–H groups in total. The Balaban J connectivity index is 1.26. The molecule has 2 aliphatic heterocycles. The predicted molar refractivity (Wildman–Crippen MR) is 176 cm³/mol. The number of carbonyl (C=O) groups is 1. The van der Waals surface area contributed by atoms with E-state index in [1.54, 1.807) is 36.4 Å². The lowest BCUT2D eigenvalue weighted by Crippen LogP contribution is -2.44. The SMILES string of the molecule is C=CC(=O)Nc1cc(Nc2cc(N3OCC[C@@H]3c3cc(F)cc(Oc4cccc(F)c4)c3)ncn2)c(OC)cc1N1CCN(C)CC1. The molecule has 244 valence electrons. The molecule has 1 atom stereocenters.